The molecule has 0 bridgehead atoms. The van der Waals surface area contributed by atoms with Crippen molar-refractivity contribution in [2.75, 3.05) is 26.2 Å². The molecule has 1 aromatic carbocycles. The molecule has 0 saturated carbocycles. The molecule has 1 saturated heterocycles. The van der Waals surface area contributed by atoms with Gasteiger partial charge in [0.15, 0.2) is 0 Å². The summed E-state index contributed by atoms with van der Waals surface area (Å²) in [6.07, 6.45) is 3.87. The lowest BCUT2D eigenvalue weighted by molar-refractivity contribution is -0.121. The highest BCUT2D eigenvalue weighted by molar-refractivity contribution is 5.85. The molecule has 3 N–H and O–H groups in total. The number of carbonyl (C=O) groups excluding carboxylic acids is 1. The second-order valence-electron chi connectivity index (χ2n) is 6.68. The van der Waals surface area contributed by atoms with Gasteiger partial charge in [0.05, 0.1) is 0 Å². The van der Waals surface area contributed by atoms with Crippen LogP contribution in [0.4, 0.5) is 0 Å². The highest BCUT2D eigenvalue weighted by atomic mass is 16.5. The van der Waals surface area contributed by atoms with Crippen LogP contribution >= 0.6 is 0 Å². The number of ether oxygens (including phenoxy) is 1. The maximum Gasteiger partial charge on any atom is 0.219 e. The summed E-state index contributed by atoms with van der Waals surface area (Å²) in [5.74, 6) is 0.875. The number of aliphatic hydroxyl groups is 1. The number of aromatic nitrogens is 1. The van der Waals surface area contributed by atoms with E-state index in [1.807, 2.05) is 37.4 Å². The van der Waals surface area contributed by atoms with Crippen LogP contribution in [-0.2, 0) is 4.79 Å². The first-order chi connectivity index (χ1) is 12.2. The van der Waals surface area contributed by atoms with Gasteiger partial charge in [0.25, 0.3) is 0 Å². The van der Waals surface area contributed by atoms with E-state index in [4.69, 9.17) is 4.74 Å². The molecular weight excluding hydrogens is 318 g/mol. The maximum atomic E-state index is 11.6. The molecule has 1 aliphatic rings. The van der Waals surface area contributed by atoms with Crippen molar-refractivity contribution >= 4 is 16.8 Å². The van der Waals surface area contributed by atoms with Gasteiger partial charge in [0, 0.05) is 42.7 Å². The molecule has 25 heavy (non-hydrogen) atoms. The topological polar surface area (TPSA) is 77.6 Å². The summed E-state index contributed by atoms with van der Waals surface area (Å²) in [6.45, 7) is 4.41. The highest BCUT2D eigenvalue weighted by Crippen LogP contribution is 2.24. The standard InChI is InChI=1S/C19H27N3O3/c1-2-19(24)21-14-5-4-10-22(11-14)12-15(23)13-25-18-7-3-6-17-16(18)8-9-20-17/h3,6-9,14-15,20,23H,2,4-5,10-13H2,1H3,(H,21,24). The molecule has 0 radical (unpaired) electrons. The largest absolute Gasteiger partial charge is 0.490 e. The Hall–Kier alpha value is -2.05. The number of aromatic amines is 1. The first-order valence-corrected chi connectivity index (χ1v) is 9.04. The van der Waals surface area contributed by atoms with E-state index < -0.39 is 6.10 Å². The van der Waals surface area contributed by atoms with Gasteiger partial charge < -0.3 is 20.1 Å². The number of nitrogens with one attached hydrogen (secondary N) is 2. The molecule has 2 atom stereocenters. The highest BCUT2D eigenvalue weighted by Gasteiger charge is 2.22. The number of fused-ring (bicyclic) bond motifs is 1. The van der Waals surface area contributed by atoms with Gasteiger partial charge in [0.2, 0.25) is 5.91 Å². The Morgan fingerprint density at radius 1 is 1.48 bits per heavy atom. The summed E-state index contributed by atoms with van der Waals surface area (Å²) >= 11 is 0. The van der Waals surface area contributed by atoms with Gasteiger partial charge in [-0.1, -0.05) is 13.0 Å². The zero-order valence-electron chi connectivity index (χ0n) is 14.7. The van der Waals surface area contributed by atoms with Crippen molar-refractivity contribution in [3.63, 3.8) is 0 Å². The summed E-state index contributed by atoms with van der Waals surface area (Å²) in [5, 5.41) is 14.4. The second-order valence-corrected chi connectivity index (χ2v) is 6.68. The van der Waals surface area contributed by atoms with Gasteiger partial charge in [-0.2, -0.15) is 0 Å². The maximum absolute atomic E-state index is 11.6. The van der Waals surface area contributed by atoms with E-state index in [1.165, 1.54) is 0 Å². The van der Waals surface area contributed by atoms with Crippen LogP contribution in [0.25, 0.3) is 10.9 Å². The van der Waals surface area contributed by atoms with Crippen LogP contribution in [-0.4, -0.2) is 59.3 Å². The summed E-state index contributed by atoms with van der Waals surface area (Å²) in [5.41, 5.74) is 1.03. The third-order valence-corrected chi connectivity index (χ3v) is 4.65. The molecule has 0 aliphatic carbocycles. The summed E-state index contributed by atoms with van der Waals surface area (Å²) < 4.78 is 5.82. The van der Waals surface area contributed by atoms with Gasteiger partial charge in [-0.3, -0.25) is 9.69 Å². The van der Waals surface area contributed by atoms with Crippen LogP contribution in [0.15, 0.2) is 30.5 Å². The molecule has 1 fully saturated rings. The minimum Gasteiger partial charge on any atom is -0.490 e. The Morgan fingerprint density at radius 3 is 3.20 bits per heavy atom. The average Bonchev–Trinajstić information content (AvgIpc) is 3.09. The van der Waals surface area contributed by atoms with E-state index in [-0.39, 0.29) is 18.6 Å². The Labute approximate surface area is 148 Å². The average molecular weight is 345 g/mol. The number of carbonyl (C=O) groups is 1. The smallest absolute Gasteiger partial charge is 0.219 e. The number of hydrogen-bond acceptors (Lipinski definition) is 4. The van der Waals surface area contributed by atoms with E-state index in [9.17, 15) is 9.90 Å². The van der Waals surface area contributed by atoms with Crippen molar-refractivity contribution in [1.82, 2.24) is 15.2 Å². The van der Waals surface area contributed by atoms with Crippen LogP contribution in [0.1, 0.15) is 26.2 Å². The quantitative estimate of drug-likeness (QED) is 0.716. The lowest BCUT2D eigenvalue weighted by Gasteiger charge is -2.34. The molecule has 1 aromatic heterocycles. The molecule has 2 heterocycles. The predicted molar refractivity (Wildman–Crippen MR) is 97.7 cm³/mol. The number of rotatable bonds is 7. The van der Waals surface area contributed by atoms with Crippen molar-refractivity contribution in [3.8, 4) is 5.75 Å². The minimum absolute atomic E-state index is 0.0929. The van der Waals surface area contributed by atoms with E-state index in [0.29, 0.717) is 13.0 Å². The first-order valence-electron chi connectivity index (χ1n) is 9.04. The monoisotopic (exact) mass is 345 g/mol. The fraction of sp³-hybridized carbons (Fsp3) is 0.526. The lowest BCUT2D eigenvalue weighted by Crippen LogP contribution is -2.49. The molecule has 2 aromatic rings. The summed E-state index contributed by atoms with van der Waals surface area (Å²) in [4.78, 5) is 16.9. The number of hydrogen-bond donors (Lipinski definition) is 3. The molecule has 3 rings (SSSR count). The van der Waals surface area contributed by atoms with Crippen molar-refractivity contribution < 1.29 is 14.6 Å². The molecule has 136 valence electrons. The Bertz CT molecular complexity index is 700. The predicted octanol–water partition coefficient (Wildman–Crippen LogP) is 1.90. The number of piperidine rings is 1. The molecule has 1 aliphatic heterocycles. The number of aliphatic hydroxyl groups excluding tert-OH is 1. The van der Waals surface area contributed by atoms with Crippen molar-refractivity contribution in [3.05, 3.63) is 30.5 Å². The number of nitrogens with zero attached hydrogens (tertiary/aromatic N) is 1. The Morgan fingerprint density at radius 2 is 2.36 bits per heavy atom. The zero-order valence-corrected chi connectivity index (χ0v) is 14.7. The minimum atomic E-state index is -0.560. The molecule has 6 heteroatoms. The zero-order chi connectivity index (χ0) is 17.6. The van der Waals surface area contributed by atoms with Gasteiger partial charge in [-0.15, -0.1) is 0 Å². The fourth-order valence-electron chi connectivity index (χ4n) is 3.39. The van der Waals surface area contributed by atoms with Crippen LogP contribution in [0.3, 0.4) is 0 Å². The summed E-state index contributed by atoms with van der Waals surface area (Å²) in [6, 6.07) is 8.01. The summed E-state index contributed by atoms with van der Waals surface area (Å²) in [7, 11) is 0. The van der Waals surface area contributed by atoms with Crippen molar-refractivity contribution in [2.45, 2.75) is 38.3 Å². The number of benzene rings is 1. The molecule has 1 amide bonds. The number of β-amino-alcohol motifs (C(OH)–C–C–N with tert-alkyl or cyclic N) is 1. The van der Waals surface area contributed by atoms with Gasteiger partial charge in [-0.05, 0) is 37.6 Å². The Kier molecular flexibility index (Phi) is 5.94. The SMILES string of the molecule is CCC(=O)NC1CCCN(CC(O)COc2cccc3[nH]ccc23)C1. The lowest BCUT2D eigenvalue weighted by atomic mass is 10.1. The van der Waals surface area contributed by atoms with Crippen molar-refractivity contribution in [1.29, 1.82) is 0 Å². The third kappa shape index (κ3) is 4.74. The number of amides is 1. The van der Waals surface area contributed by atoms with Crippen LogP contribution in [0, 0.1) is 0 Å². The molecular formula is C19H27N3O3. The third-order valence-electron chi connectivity index (χ3n) is 4.65. The second kappa shape index (κ2) is 8.36. The first kappa shape index (κ1) is 17.8. The van der Waals surface area contributed by atoms with Crippen LogP contribution in [0.5, 0.6) is 5.75 Å². The molecule has 2 unspecified atom stereocenters. The molecule has 0 spiro atoms. The van der Waals surface area contributed by atoms with Crippen LogP contribution < -0.4 is 10.1 Å². The molecule has 6 nitrogen and oxygen atoms in total. The van der Waals surface area contributed by atoms with E-state index in [1.54, 1.807) is 0 Å². The van der Waals surface area contributed by atoms with E-state index in [2.05, 4.69) is 15.2 Å². The van der Waals surface area contributed by atoms with Gasteiger partial charge in [-0.25, -0.2) is 0 Å². The van der Waals surface area contributed by atoms with Crippen molar-refractivity contribution in [2.24, 2.45) is 0 Å². The Balaban J connectivity index is 1.48. The number of likely N-dealkylation sites (tertiary alicyclic amines) is 1. The fourth-order valence-corrected chi connectivity index (χ4v) is 3.39. The van der Waals surface area contributed by atoms with Gasteiger partial charge >= 0.3 is 0 Å². The van der Waals surface area contributed by atoms with Crippen LogP contribution in [0.2, 0.25) is 0 Å². The number of H-pyrrole nitrogens is 1. The van der Waals surface area contributed by atoms with Gasteiger partial charge in [0.1, 0.15) is 18.5 Å². The van der Waals surface area contributed by atoms with E-state index >= 15 is 0 Å². The van der Waals surface area contributed by atoms with E-state index in [0.717, 1.165) is 42.6 Å². The normalized spacial score (nSPS) is 19.7.